The van der Waals surface area contributed by atoms with E-state index < -0.39 is 0 Å². The number of amides is 1. The number of rotatable bonds is 5. The molecule has 1 aromatic carbocycles. The van der Waals surface area contributed by atoms with E-state index >= 15 is 0 Å². The molecule has 0 aromatic heterocycles. The third-order valence-corrected chi connectivity index (χ3v) is 3.43. The zero-order valence-corrected chi connectivity index (χ0v) is 11.3. The smallest absolute Gasteiger partial charge is 0.265 e. The highest BCUT2D eigenvalue weighted by Crippen LogP contribution is 2.15. The number of ether oxygens (including phenoxy) is 1. The highest BCUT2D eigenvalue weighted by atomic mass is 16.5. The second-order valence-corrected chi connectivity index (χ2v) is 5.04. The SMILES string of the molecule is CC1CCN(CCOc2ccc(C(=O)NN)cc2)C1. The number of benzene rings is 1. The Bertz CT molecular complexity index is 419. The second kappa shape index (κ2) is 6.54. The van der Waals surface area contributed by atoms with Crippen molar-refractivity contribution in [3.63, 3.8) is 0 Å². The highest BCUT2D eigenvalue weighted by Gasteiger charge is 2.17. The summed E-state index contributed by atoms with van der Waals surface area (Å²) in [5, 5.41) is 0. The molecular weight excluding hydrogens is 242 g/mol. The van der Waals surface area contributed by atoms with E-state index in [2.05, 4.69) is 17.2 Å². The zero-order valence-electron chi connectivity index (χ0n) is 11.3. The molecular formula is C14H21N3O2. The van der Waals surface area contributed by atoms with Gasteiger partial charge in [0, 0.05) is 18.7 Å². The van der Waals surface area contributed by atoms with E-state index in [1.165, 1.54) is 19.5 Å². The molecule has 104 valence electrons. The summed E-state index contributed by atoms with van der Waals surface area (Å²) in [7, 11) is 0. The van der Waals surface area contributed by atoms with Gasteiger partial charge in [0.15, 0.2) is 0 Å². The lowest BCUT2D eigenvalue weighted by Crippen LogP contribution is -2.29. The van der Waals surface area contributed by atoms with Crippen LogP contribution in [0.2, 0.25) is 0 Å². The summed E-state index contributed by atoms with van der Waals surface area (Å²) in [5.74, 6) is 6.35. The van der Waals surface area contributed by atoms with Crippen LogP contribution in [0.15, 0.2) is 24.3 Å². The van der Waals surface area contributed by atoms with Crippen molar-refractivity contribution in [2.75, 3.05) is 26.2 Å². The maximum Gasteiger partial charge on any atom is 0.265 e. The van der Waals surface area contributed by atoms with E-state index in [1.807, 2.05) is 0 Å². The lowest BCUT2D eigenvalue weighted by atomic mass is 10.2. The van der Waals surface area contributed by atoms with E-state index in [9.17, 15) is 4.79 Å². The topological polar surface area (TPSA) is 67.6 Å². The van der Waals surface area contributed by atoms with Gasteiger partial charge in [-0.1, -0.05) is 6.92 Å². The first-order chi connectivity index (χ1) is 9.19. The van der Waals surface area contributed by atoms with Crippen LogP contribution in [-0.4, -0.2) is 37.0 Å². The molecule has 0 saturated carbocycles. The number of nitrogen functional groups attached to an aromatic ring is 1. The number of nitrogens with two attached hydrogens (primary N) is 1. The standard InChI is InChI=1S/C14H21N3O2/c1-11-6-7-17(10-11)8-9-19-13-4-2-12(3-5-13)14(18)16-15/h2-5,11H,6-10,15H2,1H3,(H,16,18). The molecule has 1 aliphatic heterocycles. The van der Waals surface area contributed by atoms with Crippen LogP contribution >= 0.6 is 0 Å². The first-order valence-electron chi connectivity index (χ1n) is 6.65. The number of likely N-dealkylation sites (tertiary alicyclic amines) is 1. The highest BCUT2D eigenvalue weighted by molar-refractivity contribution is 5.93. The van der Waals surface area contributed by atoms with Crippen molar-refractivity contribution in [3.8, 4) is 5.75 Å². The van der Waals surface area contributed by atoms with Gasteiger partial charge in [0.1, 0.15) is 12.4 Å². The van der Waals surface area contributed by atoms with E-state index in [4.69, 9.17) is 10.6 Å². The number of hydrogen-bond acceptors (Lipinski definition) is 4. The summed E-state index contributed by atoms with van der Waals surface area (Å²) in [6.45, 7) is 6.24. The van der Waals surface area contributed by atoms with Gasteiger partial charge < -0.3 is 4.74 Å². The first kappa shape index (κ1) is 13.8. The molecule has 2 rings (SSSR count). The van der Waals surface area contributed by atoms with Gasteiger partial charge >= 0.3 is 0 Å². The molecule has 5 heteroatoms. The summed E-state index contributed by atoms with van der Waals surface area (Å²) in [4.78, 5) is 13.7. The van der Waals surface area contributed by atoms with Crippen molar-refractivity contribution in [2.24, 2.45) is 11.8 Å². The minimum Gasteiger partial charge on any atom is -0.492 e. The average Bonchev–Trinajstić information content (AvgIpc) is 2.84. The number of nitrogens with zero attached hydrogens (tertiary/aromatic N) is 1. The monoisotopic (exact) mass is 263 g/mol. The van der Waals surface area contributed by atoms with Crippen LogP contribution in [0.4, 0.5) is 0 Å². The summed E-state index contributed by atoms with van der Waals surface area (Å²) in [5.41, 5.74) is 2.63. The van der Waals surface area contributed by atoms with Crippen molar-refractivity contribution in [2.45, 2.75) is 13.3 Å². The van der Waals surface area contributed by atoms with Crippen molar-refractivity contribution in [1.82, 2.24) is 10.3 Å². The Hall–Kier alpha value is -1.59. The molecule has 0 spiro atoms. The Labute approximate surface area is 113 Å². The molecule has 1 aliphatic rings. The fourth-order valence-electron chi connectivity index (χ4n) is 2.31. The van der Waals surface area contributed by atoms with Gasteiger partial charge in [0.05, 0.1) is 0 Å². The average molecular weight is 263 g/mol. The molecule has 1 saturated heterocycles. The maximum atomic E-state index is 11.3. The summed E-state index contributed by atoms with van der Waals surface area (Å²) in [6.07, 6.45) is 1.28. The van der Waals surface area contributed by atoms with Crippen LogP contribution in [0.1, 0.15) is 23.7 Å². The zero-order chi connectivity index (χ0) is 13.7. The quantitative estimate of drug-likeness (QED) is 0.473. The maximum absolute atomic E-state index is 11.3. The van der Waals surface area contributed by atoms with Crippen molar-refractivity contribution in [3.05, 3.63) is 29.8 Å². The third kappa shape index (κ3) is 3.94. The number of carbonyl (C=O) groups excluding carboxylic acids is 1. The Balaban J connectivity index is 1.75. The summed E-state index contributed by atoms with van der Waals surface area (Å²) in [6, 6.07) is 6.99. The number of carbonyl (C=O) groups is 1. The second-order valence-electron chi connectivity index (χ2n) is 5.04. The van der Waals surface area contributed by atoms with Crippen molar-refractivity contribution < 1.29 is 9.53 Å². The number of hydrazine groups is 1. The Morgan fingerprint density at radius 1 is 1.47 bits per heavy atom. The molecule has 19 heavy (non-hydrogen) atoms. The fraction of sp³-hybridized carbons (Fsp3) is 0.500. The Morgan fingerprint density at radius 2 is 2.21 bits per heavy atom. The van der Waals surface area contributed by atoms with Crippen molar-refractivity contribution >= 4 is 5.91 Å². The molecule has 1 atom stereocenters. The molecule has 1 heterocycles. The Morgan fingerprint density at radius 3 is 2.79 bits per heavy atom. The normalized spacial score (nSPS) is 19.4. The van der Waals surface area contributed by atoms with E-state index in [-0.39, 0.29) is 5.91 Å². The molecule has 1 unspecified atom stereocenters. The molecule has 1 amide bonds. The van der Waals surface area contributed by atoms with Gasteiger partial charge in [-0.05, 0) is 43.1 Å². The predicted octanol–water partition coefficient (Wildman–Crippen LogP) is 1.01. The van der Waals surface area contributed by atoms with Gasteiger partial charge in [-0.3, -0.25) is 15.1 Å². The lowest BCUT2D eigenvalue weighted by molar-refractivity contribution is 0.0953. The summed E-state index contributed by atoms with van der Waals surface area (Å²) >= 11 is 0. The largest absolute Gasteiger partial charge is 0.492 e. The predicted molar refractivity (Wildman–Crippen MR) is 73.8 cm³/mol. The minimum atomic E-state index is -0.294. The van der Waals surface area contributed by atoms with Gasteiger partial charge in [-0.25, -0.2) is 5.84 Å². The molecule has 0 radical (unpaired) electrons. The molecule has 0 bridgehead atoms. The van der Waals surface area contributed by atoms with E-state index in [0.717, 1.165) is 18.2 Å². The minimum absolute atomic E-state index is 0.294. The first-order valence-corrected chi connectivity index (χ1v) is 6.65. The Kier molecular flexibility index (Phi) is 4.76. The van der Waals surface area contributed by atoms with Gasteiger partial charge in [0.25, 0.3) is 5.91 Å². The van der Waals surface area contributed by atoms with Crippen molar-refractivity contribution in [1.29, 1.82) is 0 Å². The van der Waals surface area contributed by atoms with Gasteiger partial charge in [-0.2, -0.15) is 0 Å². The van der Waals surface area contributed by atoms with Crippen LogP contribution < -0.4 is 16.0 Å². The van der Waals surface area contributed by atoms with Crippen LogP contribution in [0.25, 0.3) is 0 Å². The number of hydrogen-bond donors (Lipinski definition) is 2. The van der Waals surface area contributed by atoms with Gasteiger partial charge in [0.2, 0.25) is 0 Å². The van der Waals surface area contributed by atoms with E-state index in [0.29, 0.717) is 12.2 Å². The van der Waals surface area contributed by atoms with Crippen LogP contribution in [0.3, 0.4) is 0 Å². The third-order valence-electron chi connectivity index (χ3n) is 3.43. The molecule has 3 N–H and O–H groups in total. The molecule has 5 nitrogen and oxygen atoms in total. The van der Waals surface area contributed by atoms with E-state index in [1.54, 1.807) is 24.3 Å². The van der Waals surface area contributed by atoms with Crippen LogP contribution in [-0.2, 0) is 0 Å². The number of nitrogens with one attached hydrogen (secondary N) is 1. The fourth-order valence-corrected chi connectivity index (χ4v) is 2.31. The molecule has 1 aromatic rings. The van der Waals surface area contributed by atoms with Gasteiger partial charge in [-0.15, -0.1) is 0 Å². The van der Waals surface area contributed by atoms with Crippen LogP contribution in [0.5, 0.6) is 5.75 Å². The lowest BCUT2D eigenvalue weighted by Gasteiger charge is -2.15. The molecule has 0 aliphatic carbocycles. The molecule has 1 fully saturated rings. The van der Waals surface area contributed by atoms with Crippen LogP contribution in [0, 0.1) is 5.92 Å². The summed E-state index contributed by atoms with van der Waals surface area (Å²) < 4.78 is 5.67.